The van der Waals surface area contributed by atoms with E-state index in [1.165, 1.54) is 14.7 Å². The van der Waals surface area contributed by atoms with E-state index in [1.807, 2.05) is 50.3 Å². The highest BCUT2D eigenvalue weighted by Crippen LogP contribution is 2.10. The monoisotopic (exact) mass is 324 g/mol. The van der Waals surface area contributed by atoms with Crippen molar-refractivity contribution in [1.29, 1.82) is 0 Å². The Kier molecular flexibility index (Phi) is 4.20. The molecule has 0 saturated heterocycles. The standard InChI is InChI=1S/C18H20N4O2/c1-4-21-16-15(17(23)22(5-2)18(21)24)19-14(20-16)11-10-13-8-6-12(3)7-9-13/h6-11H,4-5H2,1-3H3,(H,19,20). The topological polar surface area (TPSA) is 72.7 Å². The third kappa shape index (κ3) is 2.71. The van der Waals surface area contributed by atoms with E-state index in [0.29, 0.717) is 30.1 Å². The van der Waals surface area contributed by atoms with Crippen molar-refractivity contribution in [3.63, 3.8) is 0 Å². The highest BCUT2D eigenvalue weighted by atomic mass is 16.2. The quantitative estimate of drug-likeness (QED) is 0.801. The molecule has 0 radical (unpaired) electrons. The summed E-state index contributed by atoms with van der Waals surface area (Å²) in [6, 6.07) is 8.10. The van der Waals surface area contributed by atoms with Crippen molar-refractivity contribution in [3.8, 4) is 0 Å². The lowest BCUT2D eigenvalue weighted by molar-refractivity contribution is 0.605. The van der Waals surface area contributed by atoms with Gasteiger partial charge in [-0.1, -0.05) is 35.9 Å². The molecular formula is C18H20N4O2. The average Bonchev–Trinajstić information content (AvgIpc) is 2.99. The van der Waals surface area contributed by atoms with Crippen molar-refractivity contribution >= 4 is 23.3 Å². The molecule has 0 aliphatic rings. The van der Waals surface area contributed by atoms with Crippen molar-refractivity contribution in [2.45, 2.75) is 33.9 Å². The first-order valence-corrected chi connectivity index (χ1v) is 8.03. The maximum atomic E-state index is 12.4. The average molecular weight is 324 g/mol. The van der Waals surface area contributed by atoms with Gasteiger partial charge in [-0.15, -0.1) is 0 Å². The van der Waals surface area contributed by atoms with Crippen molar-refractivity contribution in [2.24, 2.45) is 0 Å². The summed E-state index contributed by atoms with van der Waals surface area (Å²) < 4.78 is 2.73. The number of aromatic amines is 1. The molecule has 3 rings (SSSR count). The van der Waals surface area contributed by atoms with Gasteiger partial charge in [-0.3, -0.25) is 13.9 Å². The number of aryl methyl sites for hydroxylation is 2. The molecule has 0 aliphatic carbocycles. The van der Waals surface area contributed by atoms with Gasteiger partial charge >= 0.3 is 5.69 Å². The third-order valence-corrected chi connectivity index (χ3v) is 4.02. The number of imidazole rings is 1. The second kappa shape index (κ2) is 6.31. The van der Waals surface area contributed by atoms with Crippen molar-refractivity contribution < 1.29 is 0 Å². The van der Waals surface area contributed by atoms with Gasteiger partial charge in [0.25, 0.3) is 5.56 Å². The van der Waals surface area contributed by atoms with E-state index in [1.54, 1.807) is 6.92 Å². The second-order valence-corrected chi connectivity index (χ2v) is 5.64. The van der Waals surface area contributed by atoms with E-state index in [4.69, 9.17) is 0 Å². The van der Waals surface area contributed by atoms with Crippen LogP contribution in [-0.2, 0) is 13.1 Å². The summed E-state index contributed by atoms with van der Waals surface area (Å²) in [7, 11) is 0. The third-order valence-electron chi connectivity index (χ3n) is 4.02. The van der Waals surface area contributed by atoms with Gasteiger partial charge in [0, 0.05) is 13.1 Å². The van der Waals surface area contributed by atoms with E-state index in [-0.39, 0.29) is 11.2 Å². The summed E-state index contributed by atoms with van der Waals surface area (Å²) in [6.07, 6.45) is 3.73. The fourth-order valence-corrected chi connectivity index (χ4v) is 2.68. The first-order chi connectivity index (χ1) is 11.5. The predicted octanol–water partition coefficient (Wildman–Crippen LogP) is 2.40. The molecule has 1 aromatic carbocycles. The normalized spacial score (nSPS) is 11.6. The number of hydrogen-bond donors (Lipinski definition) is 1. The summed E-state index contributed by atoms with van der Waals surface area (Å²) in [4.78, 5) is 32.2. The van der Waals surface area contributed by atoms with E-state index >= 15 is 0 Å². The Morgan fingerprint density at radius 2 is 1.71 bits per heavy atom. The van der Waals surface area contributed by atoms with Gasteiger partial charge in [-0.05, 0) is 32.4 Å². The number of aromatic nitrogens is 4. The number of benzene rings is 1. The maximum Gasteiger partial charge on any atom is 0.332 e. The Morgan fingerprint density at radius 3 is 2.33 bits per heavy atom. The number of fused-ring (bicyclic) bond motifs is 1. The maximum absolute atomic E-state index is 12.4. The van der Waals surface area contributed by atoms with Gasteiger partial charge in [0.1, 0.15) is 11.3 Å². The minimum atomic E-state index is -0.329. The Balaban J connectivity index is 2.11. The Hall–Kier alpha value is -2.89. The molecule has 0 bridgehead atoms. The fourth-order valence-electron chi connectivity index (χ4n) is 2.68. The van der Waals surface area contributed by atoms with E-state index in [0.717, 1.165) is 5.56 Å². The van der Waals surface area contributed by atoms with Crippen molar-refractivity contribution in [3.05, 3.63) is 62.1 Å². The van der Waals surface area contributed by atoms with Crippen LogP contribution < -0.4 is 11.2 Å². The van der Waals surface area contributed by atoms with Crippen LogP contribution in [0, 0.1) is 6.92 Å². The zero-order valence-electron chi connectivity index (χ0n) is 14.0. The predicted molar refractivity (Wildman–Crippen MR) is 96.1 cm³/mol. The van der Waals surface area contributed by atoms with Gasteiger partial charge in [0.2, 0.25) is 0 Å². The van der Waals surface area contributed by atoms with Crippen LogP contribution in [0.15, 0.2) is 33.9 Å². The lowest BCUT2D eigenvalue weighted by Crippen LogP contribution is -2.39. The smallest absolute Gasteiger partial charge is 0.332 e. The summed E-state index contributed by atoms with van der Waals surface area (Å²) in [5.74, 6) is 0.554. The lowest BCUT2D eigenvalue weighted by Gasteiger charge is -2.06. The molecule has 0 aliphatic heterocycles. The molecule has 0 saturated carbocycles. The molecule has 1 N–H and O–H groups in total. The van der Waals surface area contributed by atoms with Gasteiger partial charge in [0.15, 0.2) is 5.65 Å². The minimum Gasteiger partial charge on any atom is -0.333 e. The van der Waals surface area contributed by atoms with Crippen LogP contribution in [0.1, 0.15) is 30.8 Å². The van der Waals surface area contributed by atoms with Crippen molar-refractivity contribution in [1.82, 2.24) is 19.1 Å². The molecule has 6 heteroatoms. The largest absolute Gasteiger partial charge is 0.333 e. The molecule has 0 spiro atoms. The molecule has 2 heterocycles. The number of rotatable bonds is 4. The van der Waals surface area contributed by atoms with Gasteiger partial charge < -0.3 is 4.98 Å². The summed E-state index contributed by atoms with van der Waals surface area (Å²) in [5, 5.41) is 0. The van der Waals surface area contributed by atoms with Crippen LogP contribution in [0.5, 0.6) is 0 Å². The number of nitrogens with one attached hydrogen (secondary N) is 1. The Bertz CT molecular complexity index is 1020. The van der Waals surface area contributed by atoms with Gasteiger partial charge in [-0.2, -0.15) is 0 Å². The van der Waals surface area contributed by atoms with Gasteiger partial charge in [0.05, 0.1) is 0 Å². The van der Waals surface area contributed by atoms with Crippen LogP contribution >= 0.6 is 0 Å². The summed E-state index contributed by atoms with van der Waals surface area (Å²) >= 11 is 0. The molecule has 24 heavy (non-hydrogen) atoms. The Labute approximate surface area is 139 Å². The Morgan fingerprint density at radius 1 is 1.04 bits per heavy atom. The first kappa shape index (κ1) is 16.0. The highest BCUT2D eigenvalue weighted by Gasteiger charge is 2.14. The lowest BCUT2D eigenvalue weighted by atomic mass is 10.1. The van der Waals surface area contributed by atoms with Crippen LogP contribution in [-0.4, -0.2) is 19.1 Å². The molecule has 0 fully saturated rings. The SMILES string of the molecule is CCn1c(=O)c2[nH]c(C=Cc3ccc(C)cc3)nc2n(CC)c1=O. The summed E-state index contributed by atoms with van der Waals surface area (Å²) in [5.41, 5.74) is 2.35. The number of nitrogens with zero attached hydrogens (tertiary/aromatic N) is 3. The second-order valence-electron chi connectivity index (χ2n) is 5.64. The zero-order chi connectivity index (χ0) is 17.3. The first-order valence-electron chi connectivity index (χ1n) is 8.03. The molecule has 124 valence electrons. The van der Waals surface area contributed by atoms with Crippen LogP contribution in [0.3, 0.4) is 0 Å². The number of H-pyrrole nitrogens is 1. The van der Waals surface area contributed by atoms with E-state index in [9.17, 15) is 9.59 Å². The van der Waals surface area contributed by atoms with Crippen molar-refractivity contribution in [2.75, 3.05) is 0 Å². The molecule has 0 unspecified atom stereocenters. The van der Waals surface area contributed by atoms with Crippen LogP contribution in [0.25, 0.3) is 23.3 Å². The molecule has 0 atom stereocenters. The van der Waals surface area contributed by atoms with Gasteiger partial charge in [-0.25, -0.2) is 9.78 Å². The molecule has 0 amide bonds. The molecule has 6 nitrogen and oxygen atoms in total. The molecule has 3 aromatic rings. The molecule has 2 aromatic heterocycles. The van der Waals surface area contributed by atoms with E-state index < -0.39 is 0 Å². The minimum absolute atomic E-state index is 0.321. The number of hydrogen-bond acceptors (Lipinski definition) is 3. The van der Waals surface area contributed by atoms with Crippen LogP contribution in [0.2, 0.25) is 0 Å². The molecular weight excluding hydrogens is 304 g/mol. The summed E-state index contributed by atoms with van der Waals surface area (Å²) in [6.45, 7) is 6.48. The zero-order valence-corrected chi connectivity index (χ0v) is 14.0. The highest BCUT2D eigenvalue weighted by molar-refractivity contribution is 5.75. The van der Waals surface area contributed by atoms with E-state index in [2.05, 4.69) is 9.97 Å². The van der Waals surface area contributed by atoms with Crippen LogP contribution in [0.4, 0.5) is 0 Å². The fraction of sp³-hybridized carbons (Fsp3) is 0.278.